The Balaban J connectivity index is 1.69. The number of methoxy groups -OCH3 is 1. The Labute approximate surface area is 163 Å². The average Bonchev–Trinajstić information content (AvgIpc) is 3.14. The summed E-state index contributed by atoms with van der Waals surface area (Å²) in [6, 6.07) is 14.2. The van der Waals surface area contributed by atoms with Crippen LogP contribution in [0.1, 0.15) is 23.6 Å². The Morgan fingerprint density at radius 2 is 1.96 bits per heavy atom. The summed E-state index contributed by atoms with van der Waals surface area (Å²) in [6.45, 7) is 4.61. The van der Waals surface area contributed by atoms with Crippen molar-refractivity contribution in [2.45, 2.75) is 24.8 Å². The van der Waals surface area contributed by atoms with Gasteiger partial charge in [-0.1, -0.05) is 41.6 Å². The van der Waals surface area contributed by atoms with Crippen molar-refractivity contribution >= 4 is 18.0 Å². The third kappa shape index (κ3) is 5.10. The van der Waals surface area contributed by atoms with Crippen LogP contribution in [0.4, 0.5) is 0 Å². The van der Waals surface area contributed by atoms with Gasteiger partial charge >= 0.3 is 0 Å². The molecule has 140 valence electrons. The highest BCUT2D eigenvalue weighted by molar-refractivity contribution is 7.98. The van der Waals surface area contributed by atoms with Crippen LogP contribution < -0.4 is 9.47 Å². The number of ether oxygens (including phenoxy) is 2. The summed E-state index contributed by atoms with van der Waals surface area (Å²) in [5.41, 5.74) is 3.39. The molecular formula is C20H22N4O2S. The van der Waals surface area contributed by atoms with E-state index in [1.54, 1.807) is 36.1 Å². The minimum Gasteiger partial charge on any atom is -0.493 e. The van der Waals surface area contributed by atoms with Crippen LogP contribution >= 0.6 is 11.8 Å². The van der Waals surface area contributed by atoms with Crippen molar-refractivity contribution in [2.24, 2.45) is 5.10 Å². The molecular weight excluding hydrogens is 360 g/mol. The molecule has 1 heterocycles. The molecule has 0 N–H and O–H groups in total. The molecule has 3 aromatic rings. The number of thioether (sulfide) groups is 1. The first kappa shape index (κ1) is 19.0. The van der Waals surface area contributed by atoms with Crippen LogP contribution in [0.5, 0.6) is 11.5 Å². The first-order valence-electron chi connectivity index (χ1n) is 8.63. The zero-order valence-corrected chi connectivity index (χ0v) is 16.4. The molecule has 27 heavy (non-hydrogen) atoms. The van der Waals surface area contributed by atoms with Crippen molar-refractivity contribution in [3.05, 3.63) is 65.5 Å². The van der Waals surface area contributed by atoms with Crippen molar-refractivity contribution < 1.29 is 9.47 Å². The quantitative estimate of drug-likeness (QED) is 0.432. The van der Waals surface area contributed by atoms with Gasteiger partial charge in [0, 0.05) is 5.75 Å². The normalized spacial score (nSPS) is 11.1. The molecule has 0 saturated heterocycles. The molecule has 0 unspecified atom stereocenters. The van der Waals surface area contributed by atoms with Gasteiger partial charge in [0.15, 0.2) is 11.5 Å². The number of benzene rings is 2. The second kappa shape index (κ2) is 9.23. The predicted octanol–water partition coefficient (Wildman–Crippen LogP) is 4.17. The Morgan fingerprint density at radius 1 is 1.15 bits per heavy atom. The SMILES string of the molecule is CCOc1ccc(C=Nn2cnnc2SCc2ccc(C)cc2)cc1OC. The highest BCUT2D eigenvalue weighted by Crippen LogP contribution is 2.27. The van der Waals surface area contributed by atoms with E-state index in [0.717, 1.165) is 22.2 Å². The summed E-state index contributed by atoms with van der Waals surface area (Å²) in [7, 11) is 1.62. The minimum absolute atomic E-state index is 0.589. The van der Waals surface area contributed by atoms with Gasteiger partial charge in [-0.25, -0.2) is 0 Å². The number of nitrogens with zero attached hydrogens (tertiary/aromatic N) is 4. The average molecular weight is 382 g/mol. The molecule has 0 spiro atoms. The molecule has 6 nitrogen and oxygen atoms in total. The maximum absolute atomic E-state index is 5.54. The largest absolute Gasteiger partial charge is 0.493 e. The van der Waals surface area contributed by atoms with Crippen LogP contribution in [-0.2, 0) is 5.75 Å². The fraction of sp³-hybridized carbons (Fsp3) is 0.250. The second-order valence-corrected chi connectivity index (χ2v) is 6.76. The van der Waals surface area contributed by atoms with Crippen molar-refractivity contribution in [3.63, 3.8) is 0 Å². The second-order valence-electron chi connectivity index (χ2n) is 5.82. The van der Waals surface area contributed by atoms with E-state index < -0.39 is 0 Å². The van der Waals surface area contributed by atoms with Crippen LogP contribution in [0, 0.1) is 6.92 Å². The minimum atomic E-state index is 0.589. The molecule has 0 atom stereocenters. The van der Waals surface area contributed by atoms with E-state index in [-0.39, 0.29) is 0 Å². The van der Waals surface area contributed by atoms with Gasteiger partial charge in [0.05, 0.1) is 19.9 Å². The lowest BCUT2D eigenvalue weighted by atomic mass is 10.2. The maximum Gasteiger partial charge on any atom is 0.212 e. The third-order valence-corrected chi connectivity index (χ3v) is 4.81. The lowest BCUT2D eigenvalue weighted by Gasteiger charge is -2.09. The van der Waals surface area contributed by atoms with E-state index in [0.29, 0.717) is 12.4 Å². The summed E-state index contributed by atoms with van der Waals surface area (Å²) in [5.74, 6) is 2.21. The Kier molecular flexibility index (Phi) is 6.49. The van der Waals surface area contributed by atoms with E-state index in [1.807, 2.05) is 25.1 Å². The van der Waals surface area contributed by atoms with Crippen LogP contribution in [0.3, 0.4) is 0 Å². The van der Waals surface area contributed by atoms with Gasteiger partial charge in [-0.05, 0) is 43.2 Å². The summed E-state index contributed by atoms with van der Waals surface area (Å²) in [5, 5.41) is 13.3. The molecule has 0 amide bonds. The zero-order chi connectivity index (χ0) is 19.1. The zero-order valence-electron chi connectivity index (χ0n) is 15.6. The summed E-state index contributed by atoms with van der Waals surface area (Å²) in [6.07, 6.45) is 3.34. The van der Waals surface area contributed by atoms with E-state index >= 15 is 0 Å². The molecule has 0 radical (unpaired) electrons. The van der Waals surface area contributed by atoms with E-state index in [4.69, 9.17) is 9.47 Å². The Morgan fingerprint density at radius 3 is 2.70 bits per heavy atom. The number of aromatic nitrogens is 3. The monoisotopic (exact) mass is 382 g/mol. The summed E-state index contributed by atoms with van der Waals surface area (Å²) < 4.78 is 12.6. The van der Waals surface area contributed by atoms with Crippen LogP contribution in [0.2, 0.25) is 0 Å². The van der Waals surface area contributed by atoms with Gasteiger partial charge in [0.1, 0.15) is 6.33 Å². The number of aryl methyl sites for hydroxylation is 1. The summed E-state index contributed by atoms with van der Waals surface area (Å²) >= 11 is 1.60. The van der Waals surface area contributed by atoms with Crippen molar-refractivity contribution in [1.29, 1.82) is 0 Å². The summed E-state index contributed by atoms with van der Waals surface area (Å²) in [4.78, 5) is 0. The van der Waals surface area contributed by atoms with Crippen LogP contribution in [0.15, 0.2) is 59.0 Å². The highest BCUT2D eigenvalue weighted by Gasteiger charge is 2.06. The van der Waals surface area contributed by atoms with Gasteiger partial charge in [-0.15, -0.1) is 10.2 Å². The number of rotatable bonds is 8. The first-order valence-corrected chi connectivity index (χ1v) is 9.61. The molecule has 7 heteroatoms. The lowest BCUT2D eigenvalue weighted by molar-refractivity contribution is 0.311. The smallest absolute Gasteiger partial charge is 0.212 e. The van der Waals surface area contributed by atoms with E-state index in [9.17, 15) is 0 Å². The molecule has 0 fully saturated rings. The molecule has 0 aliphatic rings. The Hall–Kier alpha value is -2.80. The van der Waals surface area contributed by atoms with Gasteiger partial charge in [0.25, 0.3) is 0 Å². The Bertz CT molecular complexity index is 907. The highest BCUT2D eigenvalue weighted by atomic mass is 32.2. The molecule has 0 bridgehead atoms. The van der Waals surface area contributed by atoms with E-state index in [2.05, 4.69) is 46.5 Å². The van der Waals surface area contributed by atoms with Crippen LogP contribution in [-0.4, -0.2) is 34.8 Å². The lowest BCUT2D eigenvalue weighted by Crippen LogP contribution is -1.97. The van der Waals surface area contributed by atoms with Crippen LogP contribution in [0.25, 0.3) is 0 Å². The third-order valence-electron chi connectivity index (χ3n) is 3.81. The standard InChI is InChI=1S/C20H22N4O2S/c1-4-26-18-10-9-17(11-19(18)25-3)12-22-24-14-21-23-20(24)27-13-16-7-5-15(2)6-8-16/h5-12,14H,4,13H2,1-3H3. The van der Waals surface area contributed by atoms with E-state index in [1.165, 1.54) is 11.1 Å². The molecule has 3 rings (SSSR count). The maximum atomic E-state index is 5.54. The van der Waals surface area contributed by atoms with Gasteiger partial charge in [0.2, 0.25) is 5.16 Å². The van der Waals surface area contributed by atoms with Gasteiger partial charge in [-0.2, -0.15) is 9.78 Å². The predicted molar refractivity (Wildman–Crippen MR) is 108 cm³/mol. The fourth-order valence-electron chi connectivity index (χ4n) is 2.39. The number of hydrogen-bond donors (Lipinski definition) is 0. The van der Waals surface area contributed by atoms with Crippen molar-refractivity contribution in [1.82, 2.24) is 14.9 Å². The number of hydrogen-bond acceptors (Lipinski definition) is 6. The van der Waals surface area contributed by atoms with Crippen molar-refractivity contribution in [2.75, 3.05) is 13.7 Å². The molecule has 0 saturated carbocycles. The fourth-order valence-corrected chi connectivity index (χ4v) is 3.21. The molecule has 0 aliphatic heterocycles. The molecule has 2 aromatic carbocycles. The van der Waals surface area contributed by atoms with Gasteiger partial charge < -0.3 is 9.47 Å². The topological polar surface area (TPSA) is 61.5 Å². The first-order chi connectivity index (χ1) is 13.2. The molecule has 0 aliphatic carbocycles. The van der Waals surface area contributed by atoms with Gasteiger partial charge in [-0.3, -0.25) is 0 Å². The van der Waals surface area contributed by atoms with Crippen molar-refractivity contribution in [3.8, 4) is 11.5 Å². The molecule has 1 aromatic heterocycles.